The molecule has 0 saturated heterocycles. The Morgan fingerprint density at radius 3 is 1.86 bits per heavy atom. The van der Waals surface area contributed by atoms with Gasteiger partial charge in [0.25, 0.3) is 0 Å². The van der Waals surface area contributed by atoms with Crippen molar-refractivity contribution in [2.24, 2.45) is 0 Å². The first-order valence-electron chi connectivity index (χ1n) is 14.1. The van der Waals surface area contributed by atoms with E-state index in [-0.39, 0.29) is 0 Å². The van der Waals surface area contributed by atoms with Crippen LogP contribution in [0.15, 0.2) is 121 Å². The van der Waals surface area contributed by atoms with Gasteiger partial charge in [-0.15, -0.1) is 11.3 Å². The molecule has 0 atom stereocenters. The summed E-state index contributed by atoms with van der Waals surface area (Å²) in [6.07, 6.45) is 0. The van der Waals surface area contributed by atoms with Crippen molar-refractivity contribution in [1.82, 2.24) is 4.57 Å². The Morgan fingerprint density at radius 2 is 1.20 bits per heavy atom. The third kappa shape index (κ3) is 3.95. The topological polar surface area (TPSA) is 56.9 Å². The highest BCUT2D eigenvalue weighted by Gasteiger charge is 2.16. The summed E-state index contributed by atoms with van der Waals surface area (Å²) in [5.41, 5.74) is 8.05. The molecule has 202 valence electrons. The maximum Gasteiger partial charge on any atom is 0.189 e. The Morgan fingerprint density at radius 1 is 0.591 bits per heavy atom. The second-order valence-electron chi connectivity index (χ2n) is 10.7. The third-order valence-corrected chi connectivity index (χ3v) is 9.42. The normalized spacial score (nSPS) is 11.1. The molecule has 0 N–H and O–H groups in total. The van der Waals surface area contributed by atoms with Gasteiger partial charge in [-0.3, -0.25) is 0 Å². The number of fused-ring (bicyclic) bond motifs is 6. The zero-order chi connectivity index (χ0) is 29.8. The Kier molecular flexibility index (Phi) is 5.78. The first-order valence-corrected chi connectivity index (χ1v) is 14.9. The van der Waals surface area contributed by atoms with Crippen LogP contribution < -0.4 is 0 Å². The van der Waals surface area contributed by atoms with E-state index in [0.29, 0.717) is 16.8 Å². The molecule has 2 heterocycles. The van der Waals surface area contributed by atoms with Crippen LogP contribution >= 0.6 is 11.3 Å². The molecule has 0 spiro atoms. The van der Waals surface area contributed by atoms with E-state index in [1.165, 1.54) is 0 Å². The van der Waals surface area contributed by atoms with E-state index < -0.39 is 0 Å². The minimum atomic E-state index is 0.512. The zero-order valence-electron chi connectivity index (χ0n) is 23.2. The molecule has 4 nitrogen and oxygen atoms in total. The van der Waals surface area contributed by atoms with E-state index >= 15 is 0 Å². The van der Waals surface area contributed by atoms with Crippen molar-refractivity contribution in [3.63, 3.8) is 0 Å². The molecule has 0 aliphatic carbocycles. The highest BCUT2D eigenvalue weighted by Crippen LogP contribution is 2.40. The Labute approximate surface area is 257 Å². The molecule has 5 heteroatoms. The van der Waals surface area contributed by atoms with E-state index in [9.17, 15) is 10.5 Å². The number of nitriles is 2. The van der Waals surface area contributed by atoms with E-state index in [2.05, 4.69) is 76.1 Å². The predicted octanol–water partition coefficient (Wildman–Crippen LogP) is 10.8. The van der Waals surface area contributed by atoms with Crippen LogP contribution in [0, 0.1) is 29.2 Å². The van der Waals surface area contributed by atoms with Gasteiger partial charge in [-0.25, -0.2) is 4.85 Å². The first-order chi connectivity index (χ1) is 21.6. The lowest BCUT2D eigenvalue weighted by Gasteiger charge is -2.13. The van der Waals surface area contributed by atoms with Crippen LogP contribution in [0.2, 0.25) is 0 Å². The van der Waals surface area contributed by atoms with Crippen LogP contribution in [0.25, 0.3) is 74.8 Å². The fraction of sp³-hybridized carbons (Fsp3) is 0. The largest absolute Gasteiger partial charge is 0.310 e. The number of para-hydroxylation sites is 2. The summed E-state index contributed by atoms with van der Waals surface area (Å²) in [7, 11) is 0. The van der Waals surface area contributed by atoms with Gasteiger partial charge in [0.2, 0.25) is 0 Å². The molecule has 0 radical (unpaired) electrons. The molecule has 0 aliphatic rings. The van der Waals surface area contributed by atoms with Crippen molar-refractivity contribution in [2.75, 3.05) is 0 Å². The number of hydrogen-bond acceptors (Lipinski definition) is 3. The van der Waals surface area contributed by atoms with Crippen LogP contribution in [0.4, 0.5) is 5.69 Å². The summed E-state index contributed by atoms with van der Waals surface area (Å²) < 4.78 is 4.30. The van der Waals surface area contributed by atoms with Crippen LogP contribution in [0.3, 0.4) is 0 Å². The van der Waals surface area contributed by atoms with Crippen molar-refractivity contribution in [3.8, 4) is 40.1 Å². The molecular formula is C39H20N4S. The molecule has 0 bridgehead atoms. The molecule has 0 saturated carbocycles. The molecule has 8 rings (SSSR count). The Hall–Kier alpha value is -6.19. The van der Waals surface area contributed by atoms with Gasteiger partial charge in [-0.2, -0.15) is 10.5 Å². The monoisotopic (exact) mass is 576 g/mol. The number of nitrogens with zero attached hydrogens (tertiary/aromatic N) is 4. The van der Waals surface area contributed by atoms with Crippen molar-refractivity contribution in [2.45, 2.75) is 0 Å². The van der Waals surface area contributed by atoms with Gasteiger partial charge in [0.15, 0.2) is 5.69 Å². The molecule has 0 fully saturated rings. The van der Waals surface area contributed by atoms with Gasteiger partial charge >= 0.3 is 0 Å². The van der Waals surface area contributed by atoms with Gasteiger partial charge in [-0.1, -0.05) is 54.6 Å². The Bertz CT molecular complexity index is 2550. The summed E-state index contributed by atoms with van der Waals surface area (Å²) in [6.45, 7) is 7.91. The van der Waals surface area contributed by atoms with Crippen molar-refractivity contribution in [1.29, 1.82) is 10.5 Å². The van der Waals surface area contributed by atoms with Gasteiger partial charge in [-0.05, 0) is 89.0 Å². The average molecular weight is 577 g/mol. The van der Waals surface area contributed by atoms with Crippen LogP contribution in [0.1, 0.15) is 11.1 Å². The van der Waals surface area contributed by atoms with Crippen LogP contribution in [0.5, 0.6) is 0 Å². The lowest BCUT2D eigenvalue weighted by molar-refractivity contribution is 1.18. The Balaban J connectivity index is 1.35. The first kappa shape index (κ1) is 25.5. The van der Waals surface area contributed by atoms with E-state index in [0.717, 1.165) is 69.9 Å². The lowest BCUT2D eigenvalue weighted by atomic mass is 9.94. The standard InChI is InChI=1S/C39H20N4S/c1-42-30-18-28(19-31(21-30)43-36-11-5-2-8-32(36)33-9-3-6-12-37(33)43)26-15-24(22-40)14-25(16-26)27-17-29(23-41)39-35(20-27)34-10-4-7-13-38(34)44-39/h2-21H. The number of hydrogen-bond donors (Lipinski definition) is 0. The molecule has 2 aromatic heterocycles. The van der Waals surface area contributed by atoms with E-state index in [4.69, 9.17) is 6.57 Å². The summed E-state index contributed by atoms with van der Waals surface area (Å²) in [6, 6.07) is 45.2. The lowest BCUT2D eigenvalue weighted by Crippen LogP contribution is -1.95. The quantitative estimate of drug-likeness (QED) is 0.196. The molecular weight excluding hydrogens is 557 g/mol. The minimum Gasteiger partial charge on any atom is -0.310 e. The summed E-state index contributed by atoms with van der Waals surface area (Å²) in [5, 5.41) is 24.6. The maximum atomic E-state index is 10.1. The molecule has 0 aliphatic heterocycles. The predicted molar refractivity (Wildman–Crippen MR) is 180 cm³/mol. The molecule has 44 heavy (non-hydrogen) atoms. The third-order valence-electron chi connectivity index (χ3n) is 8.20. The number of thiophene rings is 1. The van der Waals surface area contributed by atoms with Gasteiger partial charge < -0.3 is 4.57 Å². The maximum absolute atomic E-state index is 10.1. The second-order valence-corrected chi connectivity index (χ2v) is 11.8. The smallest absolute Gasteiger partial charge is 0.189 e. The number of rotatable bonds is 3. The SMILES string of the molecule is [C-]#[N+]c1cc(-c2cc(C#N)cc(-c3cc(C#N)c4sc5ccccc5c4c3)c2)cc(-n2c3ccccc3c3ccccc32)c1. The minimum absolute atomic E-state index is 0.512. The molecule has 0 amide bonds. The summed E-state index contributed by atoms with van der Waals surface area (Å²) in [5.74, 6) is 0. The fourth-order valence-electron chi connectivity index (χ4n) is 6.26. The van der Waals surface area contributed by atoms with E-state index in [1.807, 2.05) is 66.7 Å². The fourth-order valence-corrected chi connectivity index (χ4v) is 7.41. The molecule has 6 aromatic carbocycles. The summed E-state index contributed by atoms with van der Waals surface area (Å²) in [4.78, 5) is 3.83. The van der Waals surface area contributed by atoms with Gasteiger partial charge in [0, 0.05) is 31.9 Å². The van der Waals surface area contributed by atoms with Crippen LogP contribution in [-0.2, 0) is 0 Å². The second kappa shape index (κ2) is 9.97. The number of benzene rings is 6. The zero-order valence-corrected chi connectivity index (χ0v) is 24.1. The summed E-state index contributed by atoms with van der Waals surface area (Å²) >= 11 is 1.62. The number of aromatic nitrogens is 1. The van der Waals surface area contributed by atoms with Crippen LogP contribution in [-0.4, -0.2) is 4.57 Å². The van der Waals surface area contributed by atoms with Gasteiger partial charge in [0.1, 0.15) is 6.07 Å². The van der Waals surface area contributed by atoms with Gasteiger partial charge in [0.05, 0.1) is 39.5 Å². The highest BCUT2D eigenvalue weighted by molar-refractivity contribution is 7.26. The van der Waals surface area contributed by atoms with Crippen molar-refractivity contribution < 1.29 is 0 Å². The molecule has 8 aromatic rings. The van der Waals surface area contributed by atoms with Crippen molar-refractivity contribution in [3.05, 3.63) is 144 Å². The molecule has 0 unspecified atom stereocenters. The van der Waals surface area contributed by atoms with E-state index in [1.54, 1.807) is 11.3 Å². The van der Waals surface area contributed by atoms with Crippen molar-refractivity contribution >= 4 is 59.0 Å². The highest BCUT2D eigenvalue weighted by atomic mass is 32.1. The average Bonchev–Trinajstić information content (AvgIpc) is 3.63.